The van der Waals surface area contributed by atoms with Gasteiger partial charge in [-0.1, -0.05) is 104 Å². The van der Waals surface area contributed by atoms with Crippen LogP contribution in [0.15, 0.2) is 97.2 Å². The Morgan fingerprint density at radius 2 is 1.67 bits per heavy atom. The predicted molar refractivity (Wildman–Crippen MR) is 183 cm³/mol. The van der Waals surface area contributed by atoms with Crippen LogP contribution in [-0.4, -0.2) is 30.4 Å². The smallest absolute Gasteiger partial charge is 0.326 e. The number of aromatic nitrogens is 2. The summed E-state index contributed by atoms with van der Waals surface area (Å²) in [6.07, 6.45) is 5.91. The van der Waals surface area contributed by atoms with E-state index in [2.05, 4.69) is 62.4 Å². The van der Waals surface area contributed by atoms with Gasteiger partial charge in [-0.25, -0.2) is 14.0 Å². The van der Waals surface area contributed by atoms with Gasteiger partial charge in [0.25, 0.3) is 5.91 Å². The number of hydrogen-bond acceptors (Lipinski definition) is 4. The lowest BCUT2D eigenvalue weighted by atomic mass is 9.97. The average Bonchev–Trinajstić information content (AvgIpc) is 3.54. The SMILES string of the molecule is CC(C)c1cccc(-c2ccc(/C=C/c3nc(-c4ccc(Cl)cc4Cl)cn3Cc3ccc(N4CC(=O)NS4(=O)=O)cc3)cc2)c1. The fourth-order valence-electron chi connectivity index (χ4n) is 5.19. The summed E-state index contributed by atoms with van der Waals surface area (Å²) in [4.78, 5) is 16.6. The Morgan fingerprint density at radius 1 is 0.911 bits per heavy atom. The van der Waals surface area contributed by atoms with Crippen LogP contribution < -0.4 is 9.03 Å². The third-order valence-electron chi connectivity index (χ3n) is 7.63. The minimum atomic E-state index is -3.87. The van der Waals surface area contributed by atoms with Gasteiger partial charge in [-0.05, 0) is 70.1 Å². The lowest BCUT2D eigenvalue weighted by Crippen LogP contribution is -2.29. The maximum atomic E-state index is 12.3. The molecule has 0 atom stereocenters. The van der Waals surface area contributed by atoms with E-state index in [9.17, 15) is 13.2 Å². The van der Waals surface area contributed by atoms with Crippen molar-refractivity contribution in [1.29, 1.82) is 0 Å². The van der Waals surface area contributed by atoms with Gasteiger partial charge in [-0.15, -0.1) is 0 Å². The number of carbonyl (C=O) groups is 1. The van der Waals surface area contributed by atoms with Crippen molar-refractivity contribution >= 4 is 57.2 Å². The molecule has 0 spiro atoms. The van der Waals surface area contributed by atoms with E-state index in [0.29, 0.717) is 39.7 Å². The number of amides is 1. The molecule has 7 nitrogen and oxygen atoms in total. The van der Waals surface area contributed by atoms with E-state index in [0.717, 1.165) is 26.6 Å². The fraction of sp³-hybridized carbons (Fsp3) is 0.143. The molecule has 5 aromatic rings. The Kier molecular flexibility index (Phi) is 8.55. The minimum Gasteiger partial charge on any atom is -0.326 e. The molecule has 0 aliphatic carbocycles. The highest BCUT2D eigenvalue weighted by Crippen LogP contribution is 2.31. The van der Waals surface area contributed by atoms with Gasteiger partial charge in [-0.3, -0.25) is 4.79 Å². The Hall–Kier alpha value is -4.37. The highest BCUT2D eigenvalue weighted by molar-refractivity contribution is 7.92. The van der Waals surface area contributed by atoms with E-state index in [4.69, 9.17) is 28.2 Å². The summed E-state index contributed by atoms with van der Waals surface area (Å²) in [5.41, 5.74) is 7.46. The van der Waals surface area contributed by atoms with Crippen LogP contribution in [0.5, 0.6) is 0 Å². The lowest BCUT2D eigenvalue weighted by Gasteiger charge is -2.15. The van der Waals surface area contributed by atoms with E-state index in [1.807, 2.05) is 45.8 Å². The Bertz CT molecular complexity index is 2020. The molecule has 1 aromatic heterocycles. The molecule has 1 fully saturated rings. The second-order valence-electron chi connectivity index (χ2n) is 11.2. The molecule has 1 N–H and O–H groups in total. The predicted octanol–water partition coefficient (Wildman–Crippen LogP) is 8.05. The van der Waals surface area contributed by atoms with Crippen molar-refractivity contribution < 1.29 is 13.2 Å². The molecule has 2 heterocycles. The standard InChI is InChI=1S/C35H30Cl2N4O3S/c1-23(2)27-4-3-5-28(18-27)26-11-6-24(7-12-26)10-17-34-38-33(31-16-13-29(36)19-32(31)37)21-40(34)20-25-8-14-30(15-9-25)41-22-35(42)39-45(41,43)44/h3-19,21,23H,20,22H2,1-2H3,(H,39,42)/b17-10+. The molecule has 0 bridgehead atoms. The Balaban J connectivity index is 1.28. The zero-order valence-electron chi connectivity index (χ0n) is 24.6. The summed E-state index contributed by atoms with van der Waals surface area (Å²) >= 11 is 12.7. The van der Waals surface area contributed by atoms with Gasteiger partial charge >= 0.3 is 10.2 Å². The van der Waals surface area contributed by atoms with E-state index < -0.39 is 16.1 Å². The maximum absolute atomic E-state index is 12.3. The highest BCUT2D eigenvalue weighted by Gasteiger charge is 2.33. The molecule has 1 aliphatic heterocycles. The first-order valence-corrected chi connectivity index (χ1v) is 16.6. The Labute approximate surface area is 272 Å². The number of nitrogens with one attached hydrogen (secondary N) is 1. The number of carbonyl (C=O) groups excluding carboxylic acids is 1. The maximum Gasteiger partial charge on any atom is 0.326 e. The van der Waals surface area contributed by atoms with Crippen molar-refractivity contribution in [3.05, 3.63) is 130 Å². The molecule has 0 radical (unpaired) electrons. The summed E-state index contributed by atoms with van der Waals surface area (Å²) in [6.45, 7) is 4.61. The fourth-order valence-corrected chi connectivity index (χ4v) is 6.85. The van der Waals surface area contributed by atoms with Crippen molar-refractivity contribution in [2.75, 3.05) is 10.8 Å². The zero-order chi connectivity index (χ0) is 31.7. The molecular formula is C35H30Cl2N4O3S. The molecule has 1 saturated heterocycles. The minimum absolute atomic E-state index is 0.241. The number of rotatable bonds is 8. The van der Waals surface area contributed by atoms with Crippen molar-refractivity contribution in [3.8, 4) is 22.4 Å². The summed E-state index contributed by atoms with van der Waals surface area (Å²) in [6, 6.07) is 29.4. The third-order valence-corrected chi connectivity index (χ3v) is 9.59. The second-order valence-corrected chi connectivity index (χ2v) is 13.6. The first kappa shape index (κ1) is 30.6. The van der Waals surface area contributed by atoms with Gasteiger partial charge in [0, 0.05) is 23.3 Å². The van der Waals surface area contributed by atoms with Crippen molar-refractivity contribution in [2.45, 2.75) is 26.3 Å². The van der Waals surface area contributed by atoms with E-state index in [-0.39, 0.29) is 6.54 Å². The van der Waals surface area contributed by atoms with Crippen molar-refractivity contribution in [2.24, 2.45) is 0 Å². The number of benzene rings is 4. The van der Waals surface area contributed by atoms with Crippen LogP contribution in [0.2, 0.25) is 10.0 Å². The van der Waals surface area contributed by atoms with Crippen LogP contribution in [-0.2, 0) is 21.5 Å². The first-order valence-electron chi connectivity index (χ1n) is 14.4. The van der Waals surface area contributed by atoms with Gasteiger partial charge in [0.1, 0.15) is 12.4 Å². The topological polar surface area (TPSA) is 84.3 Å². The largest absolute Gasteiger partial charge is 0.326 e. The molecule has 45 heavy (non-hydrogen) atoms. The van der Waals surface area contributed by atoms with Gasteiger partial charge in [0.05, 0.1) is 16.4 Å². The lowest BCUT2D eigenvalue weighted by molar-refractivity contribution is -0.117. The first-order chi connectivity index (χ1) is 21.6. The normalized spacial score (nSPS) is 14.4. The summed E-state index contributed by atoms with van der Waals surface area (Å²) < 4.78 is 29.6. The van der Waals surface area contributed by atoms with Crippen LogP contribution in [0.3, 0.4) is 0 Å². The highest BCUT2D eigenvalue weighted by atomic mass is 35.5. The molecule has 10 heteroatoms. The third kappa shape index (κ3) is 6.83. The molecule has 1 amide bonds. The number of nitrogens with zero attached hydrogens (tertiary/aromatic N) is 3. The van der Waals surface area contributed by atoms with Gasteiger partial charge < -0.3 is 4.57 Å². The van der Waals surface area contributed by atoms with Gasteiger partial charge in [0.15, 0.2) is 0 Å². The molecule has 6 rings (SSSR count). The van der Waals surface area contributed by atoms with Crippen molar-refractivity contribution in [1.82, 2.24) is 14.3 Å². The summed E-state index contributed by atoms with van der Waals surface area (Å²) in [5, 5.41) is 1.04. The molecular weight excluding hydrogens is 627 g/mol. The van der Waals surface area contributed by atoms with E-state index in [1.54, 1.807) is 24.3 Å². The number of halogens is 2. The van der Waals surface area contributed by atoms with Crippen LogP contribution >= 0.6 is 23.2 Å². The quantitative estimate of drug-likeness (QED) is 0.183. The zero-order valence-corrected chi connectivity index (χ0v) is 26.9. The molecule has 0 saturated carbocycles. The number of imidazole rings is 1. The van der Waals surface area contributed by atoms with Crippen LogP contribution in [0.4, 0.5) is 5.69 Å². The average molecular weight is 658 g/mol. The molecule has 0 unspecified atom stereocenters. The second kappa shape index (κ2) is 12.6. The summed E-state index contributed by atoms with van der Waals surface area (Å²) in [5.74, 6) is 0.619. The van der Waals surface area contributed by atoms with E-state index >= 15 is 0 Å². The van der Waals surface area contributed by atoms with E-state index in [1.165, 1.54) is 11.1 Å². The number of hydrogen-bond donors (Lipinski definition) is 1. The molecule has 228 valence electrons. The van der Waals surface area contributed by atoms with Crippen LogP contribution in [0, 0.1) is 0 Å². The monoisotopic (exact) mass is 656 g/mol. The van der Waals surface area contributed by atoms with Gasteiger partial charge in [0.2, 0.25) is 0 Å². The van der Waals surface area contributed by atoms with Gasteiger partial charge in [-0.2, -0.15) is 8.42 Å². The number of anilines is 1. The summed E-state index contributed by atoms with van der Waals surface area (Å²) in [7, 11) is -3.87. The molecule has 4 aromatic carbocycles. The van der Waals surface area contributed by atoms with Crippen LogP contribution in [0.1, 0.15) is 42.3 Å². The molecule has 1 aliphatic rings. The Morgan fingerprint density at radius 3 is 2.33 bits per heavy atom. The van der Waals surface area contributed by atoms with Crippen LogP contribution in [0.25, 0.3) is 34.5 Å². The van der Waals surface area contributed by atoms with Crippen molar-refractivity contribution in [3.63, 3.8) is 0 Å².